The van der Waals surface area contributed by atoms with Gasteiger partial charge >= 0.3 is 0 Å². The van der Waals surface area contributed by atoms with Gasteiger partial charge in [-0.15, -0.1) is 5.10 Å². The fraction of sp³-hybridized carbons (Fsp3) is 0.500. The van der Waals surface area contributed by atoms with Crippen molar-refractivity contribution in [2.75, 3.05) is 27.4 Å². The third-order valence-electron chi connectivity index (χ3n) is 4.89. The van der Waals surface area contributed by atoms with Gasteiger partial charge in [0.05, 0.1) is 39.2 Å². The molecule has 2 aliphatic rings. The number of ether oxygens (including phenoxy) is 4. The van der Waals surface area contributed by atoms with Crippen LogP contribution in [0, 0.1) is 0 Å². The van der Waals surface area contributed by atoms with Crippen molar-refractivity contribution in [1.82, 2.24) is 20.3 Å². The Morgan fingerprint density at radius 2 is 2.00 bits per heavy atom. The fourth-order valence-corrected chi connectivity index (χ4v) is 3.51. The minimum absolute atomic E-state index is 0.0732. The summed E-state index contributed by atoms with van der Waals surface area (Å²) in [6.45, 7) is 1.26. The normalized spacial score (nSPS) is 26.7. The maximum atomic E-state index is 12.5. The predicted molar refractivity (Wildman–Crippen MR) is 93.5 cm³/mol. The summed E-state index contributed by atoms with van der Waals surface area (Å²) in [6.07, 6.45) is 1.45. The lowest BCUT2D eigenvalue weighted by Crippen LogP contribution is -2.44. The lowest BCUT2D eigenvalue weighted by Gasteiger charge is -2.18. The Kier molecular flexibility index (Phi) is 5.06. The van der Waals surface area contributed by atoms with Crippen LogP contribution in [0.5, 0.6) is 5.75 Å². The van der Waals surface area contributed by atoms with Gasteiger partial charge in [-0.25, -0.2) is 4.68 Å². The van der Waals surface area contributed by atoms with Crippen molar-refractivity contribution in [3.05, 3.63) is 41.7 Å². The predicted octanol–water partition coefficient (Wildman–Crippen LogP) is 0.570. The van der Waals surface area contributed by atoms with Gasteiger partial charge in [0, 0.05) is 12.7 Å². The van der Waals surface area contributed by atoms with Crippen LogP contribution in [-0.4, -0.2) is 66.6 Å². The highest BCUT2D eigenvalue weighted by Gasteiger charge is 2.49. The molecule has 144 valence electrons. The zero-order valence-corrected chi connectivity index (χ0v) is 15.2. The van der Waals surface area contributed by atoms with Crippen LogP contribution < -0.4 is 10.1 Å². The highest BCUT2D eigenvalue weighted by Crippen LogP contribution is 2.34. The van der Waals surface area contributed by atoms with Gasteiger partial charge in [0.15, 0.2) is 0 Å². The lowest BCUT2D eigenvalue weighted by atomic mass is 10.1. The molecule has 4 rings (SSSR count). The van der Waals surface area contributed by atoms with Crippen molar-refractivity contribution in [3.63, 3.8) is 0 Å². The molecule has 0 saturated carbocycles. The molecule has 27 heavy (non-hydrogen) atoms. The van der Waals surface area contributed by atoms with Gasteiger partial charge in [0.1, 0.15) is 29.7 Å². The number of aromatic nitrogens is 3. The Morgan fingerprint density at radius 1 is 1.22 bits per heavy atom. The molecule has 0 spiro atoms. The molecule has 0 bridgehead atoms. The minimum atomic E-state index is -0.215. The van der Waals surface area contributed by atoms with Crippen LogP contribution in [0.1, 0.15) is 22.1 Å². The quantitative estimate of drug-likeness (QED) is 0.790. The van der Waals surface area contributed by atoms with Crippen molar-refractivity contribution in [2.24, 2.45) is 0 Å². The molecule has 1 aromatic heterocycles. The van der Waals surface area contributed by atoms with E-state index in [0.29, 0.717) is 31.1 Å². The molecule has 1 N–H and O–H groups in total. The zero-order valence-electron chi connectivity index (χ0n) is 15.2. The van der Waals surface area contributed by atoms with E-state index in [9.17, 15) is 4.79 Å². The minimum Gasteiger partial charge on any atom is -0.497 e. The lowest BCUT2D eigenvalue weighted by molar-refractivity contribution is 0.0613. The fourth-order valence-electron chi connectivity index (χ4n) is 3.51. The molecule has 3 heterocycles. The molecule has 2 aromatic rings. The monoisotopic (exact) mass is 374 g/mol. The smallest absolute Gasteiger partial charge is 0.251 e. The van der Waals surface area contributed by atoms with E-state index in [0.717, 1.165) is 5.69 Å². The van der Waals surface area contributed by atoms with Crippen LogP contribution in [-0.2, 0) is 20.8 Å². The van der Waals surface area contributed by atoms with Gasteiger partial charge in [-0.05, 0) is 24.3 Å². The summed E-state index contributed by atoms with van der Waals surface area (Å²) in [7, 11) is 3.20. The molecular formula is C18H22N4O5. The molecule has 9 heteroatoms. The molecule has 2 saturated heterocycles. The average Bonchev–Trinajstić information content (AvgIpc) is 3.40. The highest BCUT2D eigenvalue weighted by atomic mass is 16.6. The third-order valence-corrected chi connectivity index (χ3v) is 4.89. The molecule has 4 atom stereocenters. The molecular weight excluding hydrogens is 352 g/mol. The van der Waals surface area contributed by atoms with Gasteiger partial charge in [0.2, 0.25) is 0 Å². The van der Waals surface area contributed by atoms with Crippen LogP contribution in [0.25, 0.3) is 0 Å². The van der Waals surface area contributed by atoms with Crippen LogP contribution in [0.15, 0.2) is 30.5 Å². The van der Waals surface area contributed by atoms with Crippen LogP contribution >= 0.6 is 0 Å². The van der Waals surface area contributed by atoms with E-state index in [-0.39, 0.29) is 30.2 Å². The number of carbonyl (C=O) groups is 1. The Hall–Kier alpha value is -2.49. The van der Waals surface area contributed by atoms with Crippen molar-refractivity contribution in [1.29, 1.82) is 0 Å². The molecule has 0 aliphatic carbocycles. The summed E-state index contributed by atoms with van der Waals surface area (Å²) < 4.78 is 23.8. The van der Waals surface area contributed by atoms with Gasteiger partial charge in [-0.3, -0.25) is 4.79 Å². The standard InChI is InChI=1S/C18H22N4O5/c1-24-8-12-7-22(21-20-12)15-10-27-16-14(9-26-17(15)16)19-18(23)11-3-5-13(25-2)6-4-11/h3-7,14-17H,8-10H2,1-2H3,(H,19,23). The van der Waals surface area contributed by atoms with Crippen LogP contribution in [0.2, 0.25) is 0 Å². The Labute approximate surface area is 156 Å². The van der Waals surface area contributed by atoms with E-state index in [1.54, 1.807) is 43.2 Å². The summed E-state index contributed by atoms with van der Waals surface area (Å²) in [5.41, 5.74) is 1.32. The van der Waals surface area contributed by atoms with Crippen molar-refractivity contribution >= 4 is 5.91 Å². The molecule has 2 aliphatic heterocycles. The number of nitrogens with one attached hydrogen (secondary N) is 1. The van der Waals surface area contributed by atoms with Crippen LogP contribution in [0.3, 0.4) is 0 Å². The van der Waals surface area contributed by atoms with E-state index in [2.05, 4.69) is 15.6 Å². The molecule has 1 amide bonds. The first-order chi connectivity index (χ1) is 13.2. The topological polar surface area (TPSA) is 96.7 Å². The van der Waals surface area contributed by atoms with Crippen molar-refractivity contribution < 1.29 is 23.7 Å². The van der Waals surface area contributed by atoms with Gasteiger partial charge in [-0.1, -0.05) is 5.21 Å². The molecule has 2 fully saturated rings. The largest absolute Gasteiger partial charge is 0.497 e. The highest BCUT2D eigenvalue weighted by molar-refractivity contribution is 5.94. The summed E-state index contributed by atoms with van der Waals surface area (Å²) >= 11 is 0. The second-order valence-corrected chi connectivity index (χ2v) is 6.59. The number of hydrogen-bond donors (Lipinski definition) is 1. The number of rotatable bonds is 6. The number of fused-ring (bicyclic) bond motifs is 1. The number of benzene rings is 1. The second-order valence-electron chi connectivity index (χ2n) is 6.59. The first-order valence-corrected chi connectivity index (χ1v) is 8.77. The third kappa shape index (κ3) is 3.53. The summed E-state index contributed by atoms with van der Waals surface area (Å²) in [5, 5.41) is 11.2. The molecule has 0 radical (unpaired) electrons. The Morgan fingerprint density at radius 3 is 2.74 bits per heavy atom. The van der Waals surface area contributed by atoms with Gasteiger partial charge in [0.25, 0.3) is 5.91 Å². The van der Waals surface area contributed by atoms with Gasteiger partial charge < -0.3 is 24.3 Å². The second kappa shape index (κ2) is 7.63. The maximum Gasteiger partial charge on any atom is 0.251 e. The van der Waals surface area contributed by atoms with Crippen LogP contribution in [0.4, 0.5) is 0 Å². The molecule has 4 unspecified atom stereocenters. The first-order valence-electron chi connectivity index (χ1n) is 8.77. The Balaban J connectivity index is 1.40. The summed E-state index contributed by atoms with van der Waals surface area (Å²) in [6, 6.07) is 6.69. The number of methoxy groups -OCH3 is 2. The number of amides is 1. The maximum absolute atomic E-state index is 12.5. The molecule has 1 aromatic carbocycles. The number of nitrogens with zero attached hydrogens (tertiary/aromatic N) is 3. The SMILES string of the molecule is COCc1cn(C2COC3C(NC(=O)c4ccc(OC)cc4)COC32)nn1. The van der Waals surface area contributed by atoms with E-state index >= 15 is 0 Å². The summed E-state index contributed by atoms with van der Waals surface area (Å²) in [4.78, 5) is 12.5. The first kappa shape index (κ1) is 17.9. The van der Waals surface area contributed by atoms with Crippen molar-refractivity contribution in [2.45, 2.75) is 30.9 Å². The average molecular weight is 374 g/mol. The number of carbonyl (C=O) groups excluding carboxylic acids is 1. The zero-order chi connectivity index (χ0) is 18.8. The van der Waals surface area contributed by atoms with E-state index in [4.69, 9.17) is 18.9 Å². The molecule has 9 nitrogen and oxygen atoms in total. The number of hydrogen-bond acceptors (Lipinski definition) is 7. The summed E-state index contributed by atoms with van der Waals surface area (Å²) in [5.74, 6) is 0.542. The van der Waals surface area contributed by atoms with Gasteiger partial charge in [-0.2, -0.15) is 0 Å². The van der Waals surface area contributed by atoms with Crippen molar-refractivity contribution in [3.8, 4) is 5.75 Å². The van der Waals surface area contributed by atoms with E-state index in [1.165, 1.54) is 0 Å². The van der Waals surface area contributed by atoms with E-state index in [1.807, 2.05) is 6.20 Å². The van der Waals surface area contributed by atoms with E-state index < -0.39 is 0 Å². The Bertz CT molecular complexity index is 793.